The van der Waals surface area contributed by atoms with Crippen LogP contribution in [0.3, 0.4) is 0 Å². The number of carbonyl (C=O) groups is 2. The molecule has 0 aliphatic heterocycles. The number of anilines is 1. The maximum Gasteiger partial charge on any atom is 0.291 e. The quantitative estimate of drug-likeness (QED) is 0.663. The zero-order chi connectivity index (χ0) is 17.9. The molecule has 1 rings (SSSR count). The molecule has 1 heterocycles. The number of rotatable bonds is 10. The minimum Gasteiger partial charge on any atom is -0.274 e. The molecular formula is C17H28N4O3. The van der Waals surface area contributed by atoms with Gasteiger partial charge in [-0.2, -0.15) is 0 Å². The SMILES string of the molecule is CCCCCCc1nn[nH]c(=O)c1N(C(=O)CCC)C(=O)CCC. The van der Waals surface area contributed by atoms with Crippen LogP contribution in [0.1, 0.15) is 77.8 Å². The standard InChI is InChI=1S/C17H28N4O3/c1-4-7-8-9-12-13-16(17(24)19-20-18-13)21(14(22)10-5-2)15(23)11-6-3/h4-12H2,1-3H3,(H,18,19,24). The van der Waals surface area contributed by atoms with E-state index < -0.39 is 5.56 Å². The first kappa shape index (κ1) is 20.0. The van der Waals surface area contributed by atoms with E-state index in [0.29, 0.717) is 25.0 Å². The number of unbranched alkanes of at least 4 members (excludes halogenated alkanes) is 3. The molecule has 0 unspecified atom stereocenters. The molecule has 0 aliphatic carbocycles. The highest BCUT2D eigenvalue weighted by molar-refractivity contribution is 6.14. The normalized spacial score (nSPS) is 10.6. The fourth-order valence-electron chi connectivity index (χ4n) is 2.52. The van der Waals surface area contributed by atoms with Crippen molar-refractivity contribution in [1.29, 1.82) is 0 Å². The van der Waals surface area contributed by atoms with Crippen LogP contribution in [-0.4, -0.2) is 27.2 Å². The number of nitrogens with zero attached hydrogens (tertiary/aromatic N) is 3. The van der Waals surface area contributed by atoms with Crippen molar-refractivity contribution in [3.63, 3.8) is 0 Å². The predicted molar refractivity (Wildman–Crippen MR) is 92.8 cm³/mol. The van der Waals surface area contributed by atoms with Crippen molar-refractivity contribution in [2.45, 2.75) is 78.6 Å². The lowest BCUT2D eigenvalue weighted by Gasteiger charge is -2.21. The number of hydrogen-bond donors (Lipinski definition) is 1. The minimum atomic E-state index is -0.538. The molecule has 0 radical (unpaired) electrons. The summed E-state index contributed by atoms with van der Waals surface area (Å²) in [6, 6.07) is 0. The van der Waals surface area contributed by atoms with Gasteiger partial charge < -0.3 is 0 Å². The summed E-state index contributed by atoms with van der Waals surface area (Å²) in [5, 5.41) is 9.85. The molecule has 0 saturated carbocycles. The maximum atomic E-state index is 12.4. The summed E-state index contributed by atoms with van der Waals surface area (Å²) in [6.45, 7) is 5.84. The molecule has 0 bridgehead atoms. The van der Waals surface area contributed by atoms with Gasteiger partial charge in [0.25, 0.3) is 5.56 Å². The fourth-order valence-corrected chi connectivity index (χ4v) is 2.52. The lowest BCUT2D eigenvalue weighted by Crippen LogP contribution is -2.41. The van der Waals surface area contributed by atoms with Crippen LogP contribution in [0.4, 0.5) is 5.69 Å². The number of H-pyrrole nitrogens is 1. The van der Waals surface area contributed by atoms with E-state index in [2.05, 4.69) is 22.3 Å². The van der Waals surface area contributed by atoms with Gasteiger partial charge in [-0.25, -0.2) is 10.00 Å². The molecule has 7 nitrogen and oxygen atoms in total. The number of aryl methyl sites for hydroxylation is 1. The van der Waals surface area contributed by atoms with Crippen LogP contribution in [0.2, 0.25) is 0 Å². The predicted octanol–water partition coefficient (Wildman–Crippen LogP) is 2.75. The van der Waals surface area contributed by atoms with Gasteiger partial charge >= 0.3 is 0 Å². The number of hydrogen-bond acceptors (Lipinski definition) is 5. The largest absolute Gasteiger partial charge is 0.291 e. The van der Waals surface area contributed by atoms with Crippen molar-refractivity contribution in [3.8, 4) is 0 Å². The molecule has 24 heavy (non-hydrogen) atoms. The first-order valence-electron chi connectivity index (χ1n) is 8.86. The van der Waals surface area contributed by atoms with E-state index in [1.54, 1.807) is 0 Å². The lowest BCUT2D eigenvalue weighted by atomic mass is 10.1. The number of carbonyl (C=O) groups excluding carboxylic acids is 2. The van der Waals surface area contributed by atoms with Gasteiger partial charge in [0.15, 0.2) is 0 Å². The highest BCUT2D eigenvalue weighted by Gasteiger charge is 2.28. The van der Waals surface area contributed by atoms with Crippen LogP contribution in [0.5, 0.6) is 0 Å². The number of aromatic amines is 1. The van der Waals surface area contributed by atoms with E-state index in [9.17, 15) is 14.4 Å². The van der Waals surface area contributed by atoms with Crippen LogP contribution in [0, 0.1) is 0 Å². The molecule has 0 aliphatic rings. The zero-order valence-corrected chi connectivity index (χ0v) is 14.9. The number of nitrogens with one attached hydrogen (secondary N) is 1. The Morgan fingerprint density at radius 1 is 0.958 bits per heavy atom. The number of amides is 2. The summed E-state index contributed by atoms with van der Waals surface area (Å²) >= 11 is 0. The third kappa shape index (κ3) is 5.54. The fraction of sp³-hybridized carbons (Fsp3) is 0.706. The van der Waals surface area contributed by atoms with Gasteiger partial charge in [-0.1, -0.05) is 45.2 Å². The van der Waals surface area contributed by atoms with Gasteiger partial charge in [-0.3, -0.25) is 14.4 Å². The first-order valence-corrected chi connectivity index (χ1v) is 8.86. The van der Waals surface area contributed by atoms with Crippen molar-refractivity contribution in [2.24, 2.45) is 0 Å². The molecule has 134 valence electrons. The summed E-state index contributed by atoms with van der Waals surface area (Å²) < 4.78 is 0. The Labute approximate surface area is 142 Å². The van der Waals surface area contributed by atoms with Crippen molar-refractivity contribution in [2.75, 3.05) is 4.90 Å². The Morgan fingerprint density at radius 2 is 1.58 bits per heavy atom. The van der Waals surface area contributed by atoms with E-state index in [1.807, 2.05) is 13.8 Å². The molecule has 0 fully saturated rings. The monoisotopic (exact) mass is 336 g/mol. The minimum absolute atomic E-state index is 0.0541. The van der Waals surface area contributed by atoms with E-state index in [4.69, 9.17) is 0 Å². The van der Waals surface area contributed by atoms with Crippen LogP contribution in [0.25, 0.3) is 0 Å². The molecule has 0 spiro atoms. The van der Waals surface area contributed by atoms with Crippen molar-refractivity contribution in [1.82, 2.24) is 15.4 Å². The van der Waals surface area contributed by atoms with Crippen LogP contribution in [-0.2, 0) is 16.0 Å². The van der Waals surface area contributed by atoms with Crippen LogP contribution in [0.15, 0.2) is 4.79 Å². The first-order chi connectivity index (χ1) is 11.6. The summed E-state index contributed by atoms with van der Waals surface area (Å²) in [5.41, 5.74) is -0.0634. The Kier molecular flexibility index (Phi) is 8.89. The zero-order valence-electron chi connectivity index (χ0n) is 14.9. The number of imide groups is 1. The topological polar surface area (TPSA) is 96.0 Å². The Morgan fingerprint density at radius 3 is 2.12 bits per heavy atom. The second-order valence-corrected chi connectivity index (χ2v) is 5.87. The molecular weight excluding hydrogens is 308 g/mol. The van der Waals surface area contributed by atoms with E-state index in [0.717, 1.165) is 30.6 Å². The molecule has 7 heteroatoms. The van der Waals surface area contributed by atoms with Gasteiger partial charge in [0.05, 0.1) is 5.69 Å². The molecule has 1 aromatic heterocycles. The van der Waals surface area contributed by atoms with Crippen LogP contribution < -0.4 is 10.5 Å². The second kappa shape index (κ2) is 10.7. The van der Waals surface area contributed by atoms with Gasteiger partial charge in [0.2, 0.25) is 11.8 Å². The maximum absolute atomic E-state index is 12.4. The molecule has 1 aromatic rings. The number of aromatic nitrogens is 3. The van der Waals surface area contributed by atoms with Gasteiger partial charge in [-0.05, 0) is 25.7 Å². The molecule has 0 atom stereocenters. The summed E-state index contributed by atoms with van der Waals surface area (Å²) in [4.78, 5) is 38.2. The Bertz CT molecular complexity index is 580. The highest BCUT2D eigenvalue weighted by atomic mass is 16.2. The smallest absolute Gasteiger partial charge is 0.274 e. The third-order valence-electron chi connectivity index (χ3n) is 3.73. The Balaban J connectivity index is 3.17. The molecule has 0 saturated heterocycles. The summed E-state index contributed by atoms with van der Waals surface area (Å²) in [7, 11) is 0. The lowest BCUT2D eigenvalue weighted by molar-refractivity contribution is -0.126. The van der Waals surface area contributed by atoms with E-state index in [1.165, 1.54) is 0 Å². The van der Waals surface area contributed by atoms with Gasteiger partial charge in [-0.15, -0.1) is 5.10 Å². The average Bonchev–Trinajstić information content (AvgIpc) is 2.54. The highest BCUT2D eigenvalue weighted by Crippen LogP contribution is 2.19. The average molecular weight is 336 g/mol. The molecule has 2 amide bonds. The van der Waals surface area contributed by atoms with Gasteiger partial charge in [0, 0.05) is 12.8 Å². The molecule has 0 aromatic carbocycles. The molecule has 1 N–H and O–H groups in total. The van der Waals surface area contributed by atoms with Crippen LogP contribution >= 0.6 is 0 Å². The second-order valence-electron chi connectivity index (χ2n) is 5.87. The van der Waals surface area contributed by atoms with E-state index >= 15 is 0 Å². The van der Waals surface area contributed by atoms with Crippen molar-refractivity contribution < 1.29 is 9.59 Å². The van der Waals surface area contributed by atoms with Gasteiger partial charge in [0.1, 0.15) is 5.69 Å². The van der Waals surface area contributed by atoms with E-state index in [-0.39, 0.29) is 30.3 Å². The third-order valence-corrected chi connectivity index (χ3v) is 3.73. The summed E-state index contributed by atoms with van der Waals surface area (Å²) in [5.74, 6) is -0.714. The Hall–Kier alpha value is -2.05. The summed E-state index contributed by atoms with van der Waals surface area (Å²) in [6.07, 6.45) is 6.23. The van der Waals surface area contributed by atoms with Crippen molar-refractivity contribution >= 4 is 17.5 Å². The van der Waals surface area contributed by atoms with Crippen molar-refractivity contribution in [3.05, 3.63) is 16.0 Å².